The van der Waals surface area contributed by atoms with E-state index < -0.39 is 0 Å². The monoisotopic (exact) mass is 166 g/mol. The van der Waals surface area contributed by atoms with Crippen molar-refractivity contribution in [2.75, 3.05) is 0 Å². The lowest BCUT2D eigenvalue weighted by Crippen LogP contribution is -2.06. The van der Waals surface area contributed by atoms with Gasteiger partial charge in [0.1, 0.15) is 0 Å². The van der Waals surface area contributed by atoms with Crippen molar-refractivity contribution in [1.82, 2.24) is 20.2 Å². The van der Waals surface area contributed by atoms with Crippen LogP contribution in [0.15, 0.2) is 0 Å². The number of rotatable bonds is 2. The summed E-state index contributed by atoms with van der Waals surface area (Å²) in [5.74, 6) is 1.86. The van der Waals surface area contributed by atoms with Crippen LogP contribution in [-0.2, 0) is 13.5 Å². The largest absolute Gasteiger partial charge is 0.233 e. The summed E-state index contributed by atoms with van der Waals surface area (Å²) in [7, 11) is 1.91. The Balaban J connectivity index is 1.98. The fraction of sp³-hybridized carbons (Fsp3) is 0.875. The maximum atomic E-state index is 3.98. The van der Waals surface area contributed by atoms with Crippen molar-refractivity contribution in [1.29, 1.82) is 0 Å². The first-order valence-electron chi connectivity index (χ1n) is 4.57. The smallest absolute Gasteiger partial charge is 0.151 e. The van der Waals surface area contributed by atoms with Gasteiger partial charge in [-0.05, 0) is 16.3 Å². The molecule has 1 aromatic rings. The van der Waals surface area contributed by atoms with E-state index in [1.54, 1.807) is 4.68 Å². The summed E-state index contributed by atoms with van der Waals surface area (Å²) in [4.78, 5) is 0. The molecule has 0 saturated heterocycles. The molecular weight excluding hydrogens is 152 g/mol. The molecule has 0 N–H and O–H groups in total. The van der Waals surface area contributed by atoms with Crippen molar-refractivity contribution in [2.24, 2.45) is 13.0 Å². The summed E-state index contributed by atoms with van der Waals surface area (Å²) < 4.78 is 1.78. The third-order valence-corrected chi connectivity index (χ3v) is 2.65. The van der Waals surface area contributed by atoms with Gasteiger partial charge in [0.2, 0.25) is 0 Å². The molecule has 0 radical (unpaired) electrons. The van der Waals surface area contributed by atoms with Gasteiger partial charge in [-0.2, -0.15) is 0 Å². The fourth-order valence-corrected chi connectivity index (χ4v) is 1.89. The van der Waals surface area contributed by atoms with E-state index in [0.29, 0.717) is 0 Å². The number of hydrogen-bond donors (Lipinski definition) is 0. The van der Waals surface area contributed by atoms with E-state index in [-0.39, 0.29) is 0 Å². The first kappa shape index (κ1) is 7.71. The third kappa shape index (κ3) is 1.47. The second-order valence-electron chi connectivity index (χ2n) is 3.57. The van der Waals surface area contributed by atoms with Crippen LogP contribution >= 0.6 is 0 Å². The molecule has 0 bridgehead atoms. The van der Waals surface area contributed by atoms with Crippen LogP contribution in [0.2, 0.25) is 0 Å². The molecule has 66 valence electrons. The lowest BCUT2D eigenvalue weighted by atomic mass is 10.0. The van der Waals surface area contributed by atoms with Gasteiger partial charge in [0.25, 0.3) is 0 Å². The molecule has 1 saturated carbocycles. The average molecular weight is 166 g/mol. The van der Waals surface area contributed by atoms with E-state index in [1.807, 2.05) is 7.05 Å². The minimum Gasteiger partial charge on any atom is -0.233 e. The molecule has 0 amide bonds. The lowest BCUT2D eigenvalue weighted by molar-refractivity contribution is 0.513. The molecule has 1 aliphatic rings. The first-order chi connectivity index (χ1) is 5.86. The summed E-state index contributed by atoms with van der Waals surface area (Å²) in [6, 6.07) is 0. The fourth-order valence-electron chi connectivity index (χ4n) is 1.89. The van der Waals surface area contributed by atoms with Gasteiger partial charge in [0.15, 0.2) is 5.82 Å². The van der Waals surface area contributed by atoms with Crippen LogP contribution in [0.25, 0.3) is 0 Å². The quantitative estimate of drug-likeness (QED) is 0.656. The molecule has 1 aromatic heterocycles. The van der Waals surface area contributed by atoms with Crippen molar-refractivity contribution >= 4 is 0 Å². The van der Waals surface area contributed by atoms with Gasteiger partial charge in [-0.3, -0.25) is 0 Å². The van der Waals surface area contributed by atoms with Gasteiger partial charge in [-0.25, -0.2) is 4.68 Å². The van der Waals surface area contributed by atoms with Gasteiger partial charge >= 0.3 is 0 Å². The number of tetrazole rings is 1. The maximum absolute atomic E-state index is 3.98. The van der Waals surface area contributed by atoms with E-state index >= 15 is 0 Å². The van der Waals surface area contributed by atoms with E-state index in [1.165, 1.54) is 25.7 Å². The number of aromatic nitrogens is 4. The van der Waals surface area contributed by atoms with Gasteiger partial charge in [-0.1, -0.05) is 25.7 Å². The van der Waals surface area contributed by atoms with Crippen LogP contribution in [0.1, 0.15) is 31.5 Å². The highest BCUT2D eigenvalue weighted by Gasteiger charge is 2.17. The van der Waals surface area contributed by atoms with Crippen molar-refractivity contribution in [3.05, 3.63) is 5.82 Å². The van der Waals surface area contributed by atoms with Crippen LogP contribution in [0, 0.1) is 5.92 Å². The Morgan fingerprint density at radius 2 is 2.17 bits per heavy atom. The Labute approximate surface area is 72.0 Å². The summed E-state index contributed by atoms with van der Waals surface area (Å²) in [5.41, 5.74) is 0. The molecule has 0 aromatic carbocycles. The lowest BCUT2D eigenvalue weighted by Gasteiger charge is -2.05. The normalized spacial score (nSPS) is 18.8. The summed E-state index contributed by atoms with van der Waals surface area (Å²) in [6.07, 6.45) is 6.54. The standard InChI is InChI=1S/C8H14N4/c1-12-8(9-10-11-12)6-7-4-2-3-5-7/h7H,2-6H2,1H3. The van der Waals surface area contributed by atoms with E-state index in [0.717, 1.165) is 18.2 Å². The maximum Gasteiger partial charge on any atom is 0.151 e. The van der Waals surface area contributed by atoms with Crippen molar-refractivity contribution < 1.29 is 0 Å². The van der Waals surface area contributed by atoms with Crippen LogP contribution in [-0.4, -0.2) is 20.2 Å². The van der Waals surface area contributed by atoms with Gasteiger partial charge in [0.05, 0.1) is 0 Å². The minimum atomic E-state index is 0.828. The molecule has 1 fully saturated rings. The zero-order chi connectivity index (χ0) is 8.39. The highest BCUT2D eigenvalue weighted by atomic mass is 15.5. The predicted octanol–water partition coefficient (Wildman–Crippen LogP) is 0.943. The van der Waals surface area contributed by atoms with E-state index in [4.69, 9.17) is 0 Å². The SMILES string of the molecule is Cn1nnnc1CC1CCCC1. The topological polar surface area (TPSA) is 43.6 Å². The molecule has 12 heavy (non-hydrogen) atoms. The Morgan fingerprint density at radius 1 is 1.42 bits per heavy atom. The number of nitrogens with zero attached hydrogens (tertiary/aromatic N) is 4. The van der Waals surface area contributed by atoms with Crippen LogP contribution < -0.4 is 0 Å². The van der Waals surface area contributed by atoms with Gasteiger partial charge < -0.3 is 0 Å². The van der Waals surface area contributed by atoms with Crippen LogP contribution in [0.3, 0.4) is 0 Å². The molecule has 0 unspecified atom stereocenters. The predicted molar refractivity (Wildman–Crippen MR) is 44.5 cm³/mol. The van der Waals surface area contributed by atoms with E-state index in [2.05, 4.69) is 15.5 Å². The van der Waals surface area contributed by atoms with Crippen molar-refractivity contribution in [3.8, 4) is 0 Å². The second kappa shape index (κ2) is 3.21. The second-order valence-corrected chi connectivity index (χ2v) is 3.57. The highest BCUT2D eigenvalue weighted by Crippen LogP contribution is 2.26. The molecule has 2 rings (SSSR count). The number of hydrogen-bond acceptors (Lipinski definition) is 3. The zero-order valence-corrected chi connectivity index (χ0v) is 7.40. The third-order valence-electron chi connectivity index (χ3n) is 2.65. The van der Waals surface area contributed by atoms with Gasteiger partial charge in [0, 0.05) is 13.5 Å². The number of aryl methyl sites for hydroxylation is 1. The molecular formula is C8H14N4. The minimum absolute atomic E-state index is 0.828. The molecule has 4 nitrogen and oxygen atoms in total. The zero-order valence-electron chi connectivity index (χ0n) is 7.40. The molecule has 1 heterocycles. The molecule has 4 heteroatoms. The summed E-state index contributed by atoms with van der Waals surface area (Å²) >= 11 is 0. The van der Waals surface area contributed by atoms with Crippen LogP contribution in [0.4, 0.5) is 0 Å². The van der Waals surface area contributed by atoms with Crippen LogP contribution in [0.5, 0.6) is 0 Å². The molecule has 0 aliphatic heterocycles. The van der Waals surface area contributed by atoms with Gasteiger partial charge in [-0.15, -0.1) is 5.10 Å². The summed E-state index contributed by atoms with van der Waals surface area (Å²) in [5, 5.41) is 11.4. The first-order valence-corrected chi connectivity index (χ1v) is 4.57. The molecule has 0 spiro atoms. The Kier molecular flexibility index (Phi) is 2.06. The average Bonchev–Trinajstić information content (AvgIpc) is 2.65. The van der Waals surface area contributed by atoms with Crippen molar-refractivity contribution in [2.45, 2.75) is 32.1 Å². The highest BCUT2D eigenvalue weighted by molar-refractivity contribution is 4.84. The molecule has 1 aliphatic carbocycles. The van der Waals surface area contributed by atoms with Crippen molar-refractivity contribution in [3.63, 3.8) is 0 Å². The Morgan fingerprint density at radius 3 is 2.75 bits per heavy atom. The Bertz CT molecular complexity index is 249. The summed E-state index contributed by atoms with van der Waals surface area (Å²) in [6.45, 7) is 0. The van der Waals surface area contributed by atoms with E-state index in [9.17, 15) is 0 Å². The Hall–Kier alpha value is -0.930. The molecule has 0 atom stereocenters.